The topological polar surface area (TPSA) is 66.5 Å². The van der Waals surface area contributed by atoms with Crippen LogP contribution in [0.1, 0.15) is 24.2 Å². The number of carbonyl (C=O) groups excluding carboxylic acids is 1. The average molecular weight is 338 g/mol. The number of halogens is 3. The van der Waals surface area contributed by atoms with Crippen LogP contribution in [0.2, 0.25) is 0 Å². The van der Waals surface area contributed by atoms with Crippen molar-refractivity contribution in [1.82, 2.24) is 9.62 Å². The molecule has 0 aliphatic carbocycles. The van der Waals surface area contributed by atoms with E-state index in [4.69, 9.17) is 0 Å². The lowest BCUT2D eigenvalue weighted by Crippen LogP contribution is -2.42. The molecule has 0 aromatic heterocycles. The molecule has 124 valence electrons. The molecule has 9 heteroatoms. The molecule has 1 amide bonds. The molecule has 0 aliphatic heterocycles. The van der Waals surface area contributed by atoms with Gasteiger partial charge < -0.3 is 5.32 Å². The third-order valence-electron chi connectivity index (χ3n) is 2.90. The molecule has 0 bridgehead atoms. The second-order valence-electron chi connectivity index (χ2n) is 4.95. The van der Waals surface area contributed by atoms with E-state index in [1.807, 2.05) is 0 Å². The lowest BCUT2D eigenvalue weighted by molar-refractivity contribution is 0.0945. The molecule has 5 nitrogen and oxygen atoms in total. The van der Waals surface area contributed by atoms with Crippen molar-refractivity contribution in [2.75, 3.05) is 19.3 Å². The summed E-state index contributed by atoms with van der Waals surface area (Å²) in [4.78, 5) is 11.7. The van der Waals surface area contributed by atoms with E-state index in [1.54, 1.807) is 13.8 Å². The predicted molar refractivity (Wildman–Crippen MR) is 75.3 cm³/mol. The third-order valence-corrected chi connectivity index (χ3v) is 4.36. The van der Waals surface area contributed by atoms with E-state index in [9.17, 15) is 26.4 Å². The van der Waals surface area contributed by atoms with Crippen molar-refractivity contribution in [2.45, 2.75) is 19.9 Å². The van der Waals surface area contributed by atoms with Crippen LogP contribution in [0.5, 0.6) is 0 Å². The molecule has 1 rings (SSSR count). The molecule has 1 aromatic rings. The highest BCUT2D eigenvalue weighted by Crippen LogP contribution is 2.15. The summed E-state index contributed by atoms with van der Waals surface area (Å²) in [5.41, 5.74) is -0.644. The second-order valence-corrected chi connectivity index (χ2v) is 6.88. The lowest BCUT2D eigenvalue weighted by atomic mass is 10.2. The maximum atomic E-state index is 13.4. The number of nitrogens with zero attached hydrogens (tertiary/aromatic N) is 1. The Hall–Kier alpha value is -1.61. The summed E-state index contributed by atoms with van der Waals surface area (Å²) in [5.74, 6) is -5.65. The van der Waals surface area contributed by atoms with Crippen LogP contribution in [0.4, 0.5) is 13.2 Å². The minimum absolute atomic E-state index is 0.0203. The van der Waals surface area contributed by atoms with Crippen LogP contribution in [-0.2, 0) is 10.0 Å². The van der Waals surface area contributed by atoms with Crippen LogP contribution >= 0.6 is 0 Å². The van der Waals surface area contributed by atoms with Crippen LogP contribution in [0, 0.1) is 17.5 Å². The Bertz CT molecular complexity index is 663. The number of hydrogen-bond donors (Lipinski definition) is 1. The van der Waals surface area contributed by atoms with Crippen LogP contribution in [0.25, 0.3) is 0 Å². The second kappa shape index (κ2) is 7.10. The van der Waals surface area contributed by atoms with Crippen molar-refractivity contribution in [3.8, 4) is 0 Å². The molecular formula is C13H17F3N2O3S. The van der Waals surface area contributed by atoms with E-state index in [-0.39, 0.29) is 19.1 Å². The van der Waals surface area contributed by atoms with Gasteiger partial charge in [0, 0.05) is 19.1 Å². The number of nitrogens with one attached hydrogen (secondary N) is 1. The minimum atomic E-state index is -3.45. The first-order chi connectivity index (χ1) is 10.1. The molecule has 1 aromatic carbocycles. The summed E-state index contributed by atoms with van der Waals surface area (Å²) >= 11 is 0. The minimum Gasteiger partial charge on any atom is -0.351 e. The first-order valence-electron chi connectivity index (χ1n) is 6.44. The number of hydrogen-bond acceptors (Lipinski definition) is 3. The fourth-order valence-electron chi connectivity index (χ4n) is 1.88. The van der Waals surface area contributed by atoms with E-state index in [2.05, 4.69) is 5.32 Å². The largest absolute Gasteiger partial charge is 0.351 e. The summed E-state index contributed by atoms with van der Waals surface area (Å²) in [6, 6.07) is 1.15. The van der Waals surface area contributed by atoms with Gasteiger partial charge in [-0.05, 0) is 26.0 Å². The van der Waals surface area contributed by atoms with Gasteiger partial charge in [-0.3, -0.25) is 4.79 Å². The smallest absolute Gasteiger partial charge is 0.254 e. The Morgan fingerprint density at radius 2 is 1.82 bits per heavy atom. The van der Waals surface area contributed by atoms with Crippen molar-refractivity contribution in [3.63, 3.8) is 0 Å². The molecule has 0 spiro atoms. The van der Waals surface area contributed by atoms with E-state index in [0.29, 0.717) is 6.07 Å². The van der Waals surface area contributed by atoms with Gasteiger partial charge in [-0.25, -0.2) is 21.6 Å². The van der Waals surface area contributed by atoms with Gasteiger partial charge in [0.2, 0.25) is 10.0 Å². The van der Waals surface area contributed by atoms with Crippen LogP contribution in [-0.4, -0.2) is 44.0 Å². The fraction of sp³-hybridized carbons (Fsp3) is 0.462. The molecular weight excluding hydrogens is 321 g/mol. The summed E-state index contributed by atoms with van der Waals surface area (Å²) in [6.45, 7) is 3.21. The standard InChI is InChI=1S/C13H17F3N2O3S/c1-8(2)18(22(3,20)21)7-6-17-13(19)9-4-5-10(14)12(16)11(9)15/h4-5,8H,6-7H2,1-3H3,(H,17,19). The highest BCUT2D eigenvalue weighted by Gasteiger charge is 2.21. The molecule has 0 saturated heterocycles. The molecule has 0 fully saturated rings. The van der Waals surface area contributed by atoms with E-state index < -0.39 is 38.9 Å². The lowest BCUT2D eigenvalue weighted by Gasteiger charge is -2.23. The number of sulfonamides is 1. The van der Waals surface area contributed by atoms with Gasteiger partial charge in [0.1, 0.15) is 0 Å². The van der Waals surface area contributed by atoms with Gasteiger partial charge in [0.25, 0.3) is 5.91 Å². The quantitative estimate of drug-likeness (QED) is 0.800. The van der Waals surface area contributed by atoms with Crippen molar-refractivity contribution < 1.29 is 26.4 Å². The highest BCUT2D eigenvalue weighted by atomic mass is 32.2. The van der Waals surface area contributed by atoms with Crippen molar-refractivity contribution >= 4 is 15.9 Å². The zero-order valence-electron chi connectivity index (χ0n) is 12.4. The molecule has 22 heavy (non-hydrogen) atoms. The van der Waals surface area contributed by atoms with Crippen molar-refractivity contribution in [3.05, 3.63) is 35.1 Å². The highest BCUT2D eigenvalue weighted by molar-refractivity contribution is 7.88. The number of carbonyl (C=O) groups is 1. The molecule has 0 unspecified atom stereocenters. The molecule has 1 N–H and O–H groups in total. The molecule has 0 saturated carbocycles. The fourth-order valence-corrected chi connectivity index (χ4v) is 3.07. The SMILES string of the molecule is CC(C)N(CCNC(=O)c1ccc(F)c(F)c1F)S(C)(=O)=O. The van der Waals surface area contributed by atoms with E-state index in [1.165, 1.54) is 0 Å². The Balaban J connectivity index is 2.73. The Labute approximate surface area is 127 Å². The molecule has 0 radical (unpaired) electrons. The van der Waals surface area contributed by atoms with Gasteiger partial charge >= 0.3 is 0 Å². The Kier molecular flexibility index (Phi) is 5.95. The number of benzene rings is 1. The van der Waals surface area contributed by atoms with Crippen LogP contribution in [0.3, 0.4) is 0 Å². The van der Waals surface area contributed by atoms with Crippen molar-refractivity contribution in [1.29, 1.82) is 0 Å². The molecule has 0 atom stereocenters. The van der Waals surface area contributed by atoms with Gasteiger partial charge in [-0.1, -0.05) is 0 Å². The molecule has 0 aliphatic rings. The first kappa shape index (κ1) is 18.4. The van der Waals surface area contributed by atoms with Gasteiger partial charge in [-0.15, -0.1) is 0 Å². The van der Waals surface area contributed by atoms with E-state index in [0.717, 1.165) is 16.6 Å². The maximum Gasteiger partial charge on any atom is 0.254 e. The average Bonchev–Trinajstić information content (AvgIpc) is 2.39. The number of rotatable bonds is 6. The van der Waals surface area contributed by atoms with E-state index >= 15 is 0 Å². The molecule has 0 heterocycles. The zero-order chi connectivity index (χ0) is 17.1. The Morgan fingerprint density at radius 3 is 2.32 bits per heavy atom. The van der Waals surface area contributed by atoms with Gasteiger partial charge in [-0.2, -0.15) is 4.31 Å². The van der Waals surface area contributed by atoms with Crippen LogP contribution in [0.15, 0.2) is 12.1 Å². The summed E-state index contributed by atoms with van der Waals surface area (Å²) in [7, 11) is -3.45. The summed E-state index contributed by atoms with van der Waals surface area (Å²) < 4.78 is 63.4. The summed E-state index contributed by atoms with van der Waals surface area (Å²) in [5, 5.41) is 2.27. The zero-order valence-corrected chi connectivity index (χ0v) is 13.2. The van der Waals surface area contributed by atoms with Gasteiger partial charge in [0.05, 0.1) is 11.8 Å². The predicted octanol–water partition coefficient (Wildman–Crippen LogP) is 1.50. The normalized spacial score (nSPS) is 12.0. The number of amides is 1. The summed E-state index contributed by atoms with van der Waals surface area (Å²) in [6.07, 6.45) is 1.03. The van der Waals surface area contributed by atoms with Gasteiger partial charge in [0.15, 0.2) is 17.5 Å². The third kappa shape index (κ3) is 4.44. The van der Waals surface area contributed by atoms with Crippen LogP contribution < -0.4 is 5.32 Å². The van der Waals surface area contributed by atoms with Crippen molar-refractivity contribution in [2.24, 2.45) is 0 Å². The monoisotopic (exact) mass is 338 g/mol. The maximum absolute atomic E-state index is 13.4. The Morgan fingerprint density at radius 1 is 1.23 bits per heavy atom. The first-order valence-corrected chi connectivity index (χ1v) is 8.29.